The van der Waals surface area contributed by atoms with Crippen molar-refractivity contribution in [3.63, 3.8) is 0 Å². The van der Waals surface area contributed by atoms with Crippen LogP contribution < -0.4 is 15.5 Å². The third-order valence-electron chi connectivity index (χ3n) is 4.61. The van der Waals surface area contributed by atoms with Crippen LogP contribution in [0.25, 0.3) is 0 Å². The Kier molecular flexibility index (Phi) is 5.63. The molecule has 0 unspecified atom stereocenters. The molecular weight excluding hydrogens is 352 g/mol. The minimum Gasteiger partial charge on any atom is -0.378 e. The summed E-state index contributed by atoms with van der Waals surface area (Å²) in [5.41, 5.74) is 4.54. The van der Waals surface area contributed by atoms with E-state index in [2.05, 4.69) is 61.9 Å². The van der Waals surface area contributed by atoms with Crippen molar-refractivity contribution in [3.8, 4) is 0 Å². The summed E-state index contributed by atoms with van der Waals surface area (Å²) < 4.78 is 5.46. The minimum absolute atomic E-state index is 0.496. The number of aryl methyl sites for hydroxylation is 1. The molecule has 2 heterocycles. The number of ether oxygens (including phenoxy) is 1. The van der Waals surface area contributed by atoms with Crippen LogP contribution in [-0.2, 0) is 11.3 Å². The van der Waals surface area contributed by atoms with Crippen molar-refractivity contribution in [3.05, 3.63) is 65.9 Å². The largest absolute Gasteiger partial charge is 0.378 e. The topological polar surface area (TPSA) is 75.2 Å². The number of aromatic nitrogens is 3. The van der Waals surface area contributed by atoms with Crippen LogP contribution in [0.2, 0.25) is 0 Å². The SMILES string of the molecule is Cc1cccc(CNc2nncc(Nc3ccccc3N3CCOCC3)n2)c1. The highest BCUT2D eigenvalue weighted by Crippen LogP contribution is 2.28. The van der Waals surface area contributed by atoms with Crippen LogP contribution in [0.15, 0.2) is 54.7 Å². The molecule has 0 atom stereocenters. The van der Waals surface area contributed by atoms with E-state index in [4.69, 9.17) is 4.74 Å². The van der Waals surface area contributed by atoms with E-state index in [1.165, 1.54) is 11.1 Å². The fourth-order valence-corrected chi connectivity index (χ4v) is 3.24. The van der Waals surface area contributed by atoms with Gasteiger partial charge in [-0.25, -0.2) is 0 Å². The van der Waals surface area contributed by atoms with Gasteiger partial charge in [0.15, 0.2) is 5.82 Å². The maximum absolute atomic E-state index is 5.46. The Bertz CT molecular complexity index is 926. The van der Waals surface area contributed by atoms with Crippen molar-refractivity contribution in [2.24, 2.45) is 0 Å². The summed E-state index contributed by atoms with van der Waals surface area (Å²) in [5, 5.41) is 14.8. The number of morpholine rings is 1. The molecule has 0 bridgehead atoms. The number of hydrogen-bond acceptors (Lipinski definition) is 7. The van der Waals surface area contributed by atoms with Crippen molar-refractivity contribution in [2.45, 2.75) is 13.5 Å². The summed E-state index contributed by atoms with van der Waals surface area (Å²) >= 11 is 0. The molecule has 0 radical (unpaired) electrons. The van der Waals surface area contributed by atoms with Crippen LogP contribution >= 0.6 is 0 Å². The lowest BCUT2D eigenvalue weighted by Crippen LogP contribution is -2.36. The summed E-state index contributed by atoms with van der Waals surface area (Å²) in [6.07, 6.45) is 1.63. The molecule has 1 saturated heterocycles. The van der Waals surface area contributed by atoms with Crippen LogP contribution in [0.1, 0.15) is 11.1 Å². The number of nitrogens with zero attached hydrogens (tertiary/aromatic N) is 4. The van der Waals surface area contributed by atoms with Gasteiger partial charge in [-0.05, 0) is 24.6 Å². The molecule has 7 nitrogen and oxygen atoms in total. The van der Waals surface area contributed by atoms with Gasteiger partial charge in [0.05, 0.1) is 30.8 Å². The lowest BCUT2D eigenvalue weighted by molar-refractivity contribution is 0.123. The Morgan fingerprint density at radius 1 is 1.07 bits per heavy atom. The first-order valence-electron chi connectivity index (χ1n) is 9.46. The van der Waals surface area contributed by atoms with E-state index >= 15 is 0 Å². The molecule has 1 fully saturated rings. The zero-order valence-electron chi connectivity index (χ0n) is 15.9. The number of nitrogens with one attached hydrogen (secondary N) is 2. The second-order valence-corrected chi connectivity index (χ2v) is 6.75. The van der Waals surface area contributed by atoms with Crippen LogP contribution in [0.5, 0.6) is 0 Å². The van der Waals surface area contributed by atoms with Gasteiger partial charge in [0.2, 0.25) is 5.95 Å². The molecule has 0 amide bonds. The molecular formula is C21H24N6O. The fourth-order valence-electron chi connectivity index (χ4n) is 3.24. The van der Waals surface area contributed by atoms with E-state index in [0.717, 1.165) is 37.7 Å². The van der Waals surface area contributed by atoms with E-state index < -0.39 is 0 Å². The predicted octanol–water partition coefficient (Wildman–Crippen LogP) is 3.37. The van der Waals surface area contributed by atoms with Crippen molar-refractivity contribution >= 4 is 23.1 Å². The van der Waals surface area contributed by atoms with Gasteiger partial charge in [0, 0.05) is 19.6 Å². The number of rotatable bonds is 6. The van der Waals surface area contributed by atoms with Crippen molar-refractivity contribution in [1.82, 2.24) is 15.2 Å². The molecule has 2 aromatic carbocycles. The second-order valence-electron chi connectivity index (χ2n) is 6.75. The van der Waals surface area contributed by atoms with Gasteiger partial charge in [-0.1, -0.05) is 42.0 Å². The quantitative estimate of drug-likeness (QED) is 0.683. The molecule has 144 valence electrons. The Morgan fingerprint density at radius 3 is 2.79 bits per heavy atom. The highest BCUT2D eigenvalue weighted by molar-refractivity contribution is 5.74. The number of benzene rings is 2. The monoisotopic (exact) mass is 376 g/mol. The van der Waals surface area contributed by atoms with Gasteiger partial charge in [-0.2, -0.15) is 10.1 Å². The van der Waals surface area contributed by atoms with Crippen molar-refractivity contribution < 1.29 is 4.74 Å². The van der Waals surface area contributed by atoms with Crippen molar-refractivity contribution in [2.75, 3.05) is 41.8 Å². The number of para-hydroxylation sites is 2. The van der Waals surface area contributed by atoms with Crippen LogP contribution in [0.3, 0.4) is 0 Å². The highest BCUT2D eigenvalue weighted by Gasteiger charge is 2.15. The Labute approximate surface area is 164 Å². The smallest absolute Gasteiger partial charge is 0.244 e. The van der Waals surface area contributed by atoms with Gasteiger partial charge in [0.1, 0.15) is 0 Å². The van der Waals surface area contributed by atoms with E-state index in [9.17, 15) is 0 Å². The molecule has 28 heavy (non-hydrogen) atoms. The molecule has 1 aromatic heterocycles. The van der Waals surface area contributed by atoms with Gasteiger partial charge < -0.3 is 20.3 Å². The Balaban J connectivity index is 1.46. The zero-order chi connectivity index (χ0) is 19.2. The van der Waals surface area contributed by atoms with Gasteiger partial charge >= 0.3 is 0 Å². The molecule has 0 aliphatic carbocycles. The molecule has 1 aliphatic heterocycles. The summed E-state index contributed by atoms with van der Waals surface area (Å²) in [7, 11) is 0. The van der Waals surface area contributed by atoms with Gasteiger partial charge in [-0.3, -0.25) is 0 Å². The Hall–Kier alpha value is -3.19. The summed E-state index contributed by atoms with van der Waals surface area (Å²) in [4.78, 5) is 6.87. The first kappa shape index (κ1) is 18.2. The van der Waals surface area contributed by atoms with E-state index in [1.54, 1.807) is 6.20 Å². The van der Waals surface area contributed by atoms with Crippen LogP contribution in [-0.4, -0.2) is 41.5 Å². The van der Waals surface area contributed by atoms with E-state index in [-0.39, 0.29) is 0 Å². The molecule has 0 saturated carbocycles. The van der Waals surface area contributed by atoms with Crippen LogP contribution in [0.4, 0.5) is 23.1 Å². The van der Waals surface area contributed by atoms with Gasteiger partial charge in [-0.15, -0.1) is 5.10 Å². The first-order chi connectivity index (χ1) is 13.8. The second kappa shape index (κ2) is 8.67. The zero-order valence-corrected chi connectivity index (χ0v) is 15.9. The molecule has 2 N–H and O–H groups in total. The van der Waals surface area contributed by atoms with Crippen molar-refractivity contribution in [1.29, 1.82) is 0 Å². The standard InChI is InChI=1S/C21H24N6O/c1-16-5-4-6-17(13-16)14-22-21-25-20(15-23-26-21)24-18-7-2-3-8-19(18)27-9-11-28-12-10-27/h2-8,13,15H,9-12,14H2,1H3,(H2,22,24,25,26). The summed E-state index contributed by atoms with van der Waals surface area (Å²) in [5.74, 6) is 1.15. The third kappa shape index (κ3) is 4.55. The number of hydrogen-bond donors (Lipinski definition) is 2. The highest BCUT2D eigenvalue weighted by atomic mass is 16.5. The summed E-state index contributed by atoms with van der Waals surface area (Å²) in [6, 6.07) is 16.6. The van der Waals surface area contributed by atoms with Gasteiger partial charge in [0.25, 0.3) is 0 Å². The lowest BCUT2D eigenvalue weighted by Gasteiger charge is -2.30. The van der Waals surface area contributed by atoms with Crippen LogP contribution in [0, 0.1) is 6.92 Å². The molecule has 7 heteroatoms. The Morgan fingerprint density at radius 2 is 1.93 bits per heavy atom. The molecule has 1 aliphatic rings. The average molecular weight is 376 g/mol. The maximum atomic E-state index is 5.46. The third-order valence-corrected chi connectivity index (χ3v) is 4.61. The number of anilines is 4. The lowest BCUT2D eigenvalue weighted by atomic mass is 10.1. The summed E-state index contributed by atoms with van der Waals surface area (Å²) in [6.45, 7) is 5.98. The molecule has 3 aromatic rings. The minimum atomic E-state index is 0.496. The normalized spacial score (nSPS) is 14.0. The first-order valence-corrected chi connectivity index (χ1v) is 9.46. The maximum Gasteiger partial charge on any atom is 0.244 e. The molecule has 0 spiro atoms. The molecule has 4 rings (SSSR count). The van der Waals surface area contributed by atoms with E-state index in [1.807, 2.05) is 24.3 Å². The fraction of sp³-hybridized carbons (Fsp3) is 0.286. The average Bonchev–Trinajstić information content (AvgIpc) is 2.74. The predicted molar refractivity (Wildman–Crippen MR) is 111 cm³/mol. The van der Waals surface area contributed by atoms with E-state index in [0.29, 0.717) is 18.3 Å².